The molecular formula is C16H25O3S-. The first-order valence-electron chi connectivity index (χ1n) is 7.51. The van der Waals surface area contributed by atoms with Crippen molar-refractivity contribution >= 4 is 10.1 Å². The fourth-order valence-electron chi connectivity index (χ4n) is 2.36. The summed E-state index contributed by atoms with van der Waals surface area (Å²) in [5.74, 6) is 0.407. The molecule has 0 N–H and O–H groups in total. The highest BCUT2D eigenvalue weighted by molar-refractivity contribution is 7.85. The third kappa shape index (κ3) is 6.06. The van der Waals surface area contributed by atoms with Crippen molar-refractivity contribution in [1.82, 2.24) is 0 Å². The minimum atomic E-state index is -4.33. The van der Waals surface area contributed by atoms with Gasteiger partial charge in [0.1, 0.15) is 10.1 Å². The first-order chi connectivity index (χ1) is 9.45. The molecule has 0 spiro atoms. The highest BCUT2D eigenvalue weighted by atomic mass is 32.2. The minimum absolute atomic E-state index is 0.145. The van der Waals surface area contributed by atoms with Gasteiger partial charge < -0.3 is 4.55 Å². The van der Waals surface area contributed by atoms with Crippen molar-refractivity contribution in [2.45, 2.75) is 69.6 Å². The topological polar surface area (TPSA) is 57.2 Å². The van der Waals surface area contributed by atoms with E-state index in [1.807, 2.05) is 0 Å². The summed E-state index contributed by atoms with van der Waals surface area (Å²) in [6.07, 6.45) is 8.78. The maximum absolute atomic E-state index is 10.9. The van der Waals surface area contributed by atoms with Gasteiger partial charge in [0, 0.05) is 0 Å². The fourth-order valence-corrected chi connectivity index (χ4v) is 2.83. The molecule has 1 rings (SSSR count). The lowest BCUT2D eigenvalue weighted by molar-refractivity contribution is 0.463. The average Bonchev–Trinajstić information content (AvgIpc) is 2.41. The molecule has 0 amide bonds. The minimum Gasteiger partial charge on any atom is -0.744 e. The molecule has 1 atom stereocenters. The van der Waals surface area contributed by atoms with Gasteiger partial charge in [0.25, 0.3) is 0 Å². The second-order valence-electron chi connectivity index (χ2n) is 5.48. The van der Waals surface area contributed by atoms with Gasteiger partial charge in [-0.15, -0.1) is 0 Å². The van der Waals surface area contributed by atoms with Crippen molar-refractivity contribution in [2.75, 3.05) is 0 Å². The average molecular weight is 297 g/mol. The molecule has 0 saturated heterocycles. The maximum Gasteiger partial charge on any atom is 0.124 e. The summed E-state index contributed by atoms with van der Waals surface area (Å²) in [4.78, 5) is -0.145. The lowest BCUT2D eigenvalue weighted by Crippen LogP contribution is -2.00. The monoisotopic (exact) mass is 297 g/mol. The van der Waals surface area contributed by atoms with E-state index in [1.54, 1.807) is 12.1 Å². The van der Waals surface area contributed by atoms with Crippen LogP contribution in [0.4, 0.5) is 0 Å². The zero-order valence-electron chi connectivity index (χ0n) is 12.5. The molecule has 4 heteroatoms. The third-order valence-corrected chi connectivity index (χ3v) is 4.58. The molecule has 20 heavy (non-hydrogen) atoms. The van der Waals surface area contributed by atoms with Gasteiger partial charge in [-0.3, -0.25) is 0 Å². The quantitative estimate of drug-likeness (QED) is 0.500. The molecule has 1 aromatic carbocycles. The molecule has 0 aromatic heterocycles. The standard InChI is InChI=1S/C16H26O3S/c1-3-4-5-6-7-8-9-14(2)15-10-12-16(13-11-15)20(17,18)19/h10-14H,3-9H2,1-2H3,(H,17,18,19)/p-1. The van der Waals surface area contributed by atoms with Crippen LogP contribution in [0.2, 0.25) is 0 Å². The molecule has 0 aliphatic rings. The van der Waals surface area contributed by atoms with Crippen molar-refractivity contribution in [3.05, 3.63) is 29.8 Å². The van der Waals surface area contributed by atoms with Gasteiger partial charge in [0.15, 0.2) is 0 Å². The van der Waals surface area contributed by atoms with Crippen LogP contribution in [0.1, 0.15) is 70.3 Å². The maximum atomic E-state index is 10.9. The van der Waals surface area contributed by atoms with Crippen molar-refractivity contribution in [1.29, 1.82) is 0 Å². The first-order valence-corrected chi connectivity index (χ1v) is 8.92. The van der Waals surface area contributed by atoms with Gasteiger partial charge in [-0.05, 0) is 30.0 Å². The zero-order chi connectivity index (χ0) is 15.0. The van der Waals surface area contributed by atoms with Crippen LogP contribution >= 0.6 is 0 Å². The van der Waals surface area contributed by atoms with E-state index in [-0.39, 0.29) is 4.90 Å². The van der Waals surface area contributed by atoms with Gasteiger partial charge in [-0.1, -0.05) is 64.5 Å². The molecule has 3 nitrogen and oxygen atoms in total. The fraction of sp³-hybridized carbons (Fsp3) is 0.625. The molecule has 0 aliphatic heterocycles. The summed E-state index contributed by atoms with van der Waals surface area (Å²) in [7, 11) is -4.33. The van der Waals surface area contributed by atoms with Crippen LogP contribution in [0.3, 0.4) is 0 Å². The molecule has 0 saturated carbocycles. The van der Waals surface area contributed by atoms with E-state index in [9.17, 15) is 13.0 Å². The molecule has 0 fully saturated rings. The first kappa shape index (κ1) is 17.2. The predicted molar refractivity (Wildman–Crippen MR) is 80.8 cm³/mol. The van der Waals surface area contributed by atoms with E-state index in [1.165, 1.54) is 50.7 Å². The van der Waals surface area contributed by atoms with Crippen LogP contribution in [0.15, 0.2) is 29.2 Å². The second-order valence-corrected chi connectivity index (χ2v) is 6.86. The summed E-state index contributed by atoms with van der Waals surface area (Å²) in [5, 5.41) is 0. The number of hydrogen-bond acceptors (Lipinski definition) is 3. The lowest BCUT2D eigenvalue weighted by atomic mass is 9.95. The third-order valence-electron chi connectivity index (χ3n) is 3.73. The molecule has 1 aromatic rings. The summed E-state index contributed by atoms with van der Waals surface area (Å²) < 4.78 is 32.6. The highest BCUT2D eigenvalue weighted by Gasteiger charge is 2.07. The van der Waals surface area contributed by atoms with Crippen LogP contribution in [0.25, 0.3) is 0 Å². The molecule has 0 radical (unpaired) electrons. The summed E-state index contributed by atoms with van der Waals surface area (Å²) in [6, 6.07) is 6.34. The van der Waals surface area contributed by atoms with Crippen LogP contribution in [-0.4, -0.2) is 13.0 Å². The normalized spacial score (nSPS) is 13.3. The van der Waals surface area contributed by atoms with Crippen molar-refractivity contribution < 1.29 is 13.0 Å². The van der Waals surface area contributed by atoms with Gasteiger partial charge in [-0.2, -0.15) is 0 Å². The van der Waals surface area contributed by atoms with Crippen LogP contribution < -0.4 is 0 Å². The van der Waals surface area contributed by atoms with E-state index < -0.39 is 10.1 Å². The number of hydrogen-bond donors (Lipinski definition) is 0. The molecule has 1 unspecified atom stereocenters. The molecular weight excluding hydrogens is 272 g/mol. The predicted octanol–water partition coefficient (Wildman–Crippen LogP) is 4.44. The largest absolute Gasteiger partial charge is 0.744 e. The smallest absolute Gasteiger partial charge is 0.124 e. The number of rotatable bonds is 9. The Morgan fingerprint density at radius 3 is 2.10 bits per heavy atom. The summed E-state index contributed by atoms with van der Waals surface area (Å²) in [6.45, 7) is 4.36. The Kier molecular flexibility index (Phi) is 7.24. The highest BCUT2D eigenvalue weighted by Crippen LogP contribution is 2.23. The Bertz CT molecular complexity index is 477. The number of benzene rings is 1. The van der Waals surface area contributed by atoms with E-state index >= 15 is 0 Å². The van der Waals surface area contributed by atoms with Crippen LogP contribution in [0.5, 0.6) is 0 Å². The van der Waals surface area contributed by atoms with E-state index in [0.717, 1.165) is 12.0 Å². The molecule has 0 bridgehead atoms. The van der Waals surface area contributed by atoms with E-state index in [2.05, 4.69) is 13.8 Å². The van der Waals surface area contributed by atoms with Gasteiger partial charge in [0.2, 0.25) is 0 Å². The van der Waals surface area contributed by atoms with Crippen molar-refractivity contribution in [2.24, 2.45) is 0 Å². The van der Waals surface area contributed by atoms with E-state index in [4.69, 9.17) is 0 Å². The summed E-state index contributed by atoms with van der Waals surface area (Å²) >= 11 is 0. The van der Waals surface area contributed by atoms with Gasteiger partial charge >= 0.3 is 0 Å². The molecule has 114 valence electrons. The molecule has 0 aliphatic carbocycles. The van der Waals surface area contributed by atoms with E-state index in [0.29, 0.717) is 5.92 Å². The van der Waals surface area contributed by atoms with Gasteiger partial charge in [0.05, 0.1) is 4.90 Å². The Labute approximate surface area is 123 Å². The Hall–Kier alpha value is -0.870. The molecule has 0 heterocycles. The second kappa shape index (κ2) is 8.42. The SMILES string of the molecule is CCCCCCCCC(C)c1ccc(S(=O)(=O)[O-])cc1. The number of unbranched alkanes of at least 4 members (excludes halogenated alkanes) is 5. The van der Waals surface area contributed by atoms with Crippen molar-refractivity contribution in [3.63, 3.8) is 0 Å². The Balaban J connectivity index is 2.38. The van der Waals surface area contributed by atoms with Crippen LogP contribution in [0, 0.1) is 0 Å². The Morgan fingerprint density at radius 2 is 1.55 bits per heavy atom. The lowest BCUT2D eigenvalue weighted by Gasteiger charge is -2.13. The Morgan fingerprint density at radius 1 is 1.00 bits per heavy atom. The van der Waals surface area contributed by atoms with Crippen LogP contribution in [-0.2, 0) is 10.1 Å². The van der Waals surface area contributed by atoms with Crippen molar-refractivity contribution in [3.8, 4) is 0 Å². The summed E-state index contributed by atoms with van der Waals surface area (Å²) in [5.41, 5.74) is 1.10. The van der Waals surface area contributed by atoms with Gasteiger partial charge in [-0.25, -0.2) is 8.42 Å². The zero-order valence-corrected chi connectivity index (χ0v) is 13.3.